The van der Waals surface area contributed by atoms with Crippen LogP contribution in [0.3, 0.4) is 0 Å². The molecule has 0 fully saturated rings. The average molecular weight is 253 g/mol. The van der Waals surface area contributed by atoms with Crippen molar-refractivity contribution in [1.29, 1.82) is 0 Å². The molecule has 16 heavy (non-hydrogen) atoms. The van der Waals surface area contributed by atoms with Gasteiger partial charge in [0.25, 0.3) is 0 Å². The number of nitrogens with zero attached hydrogens (tertiary/aromatic N) is 2. The van der Waals surface area contributed by atoms with Gasteiger partial charge in [-0.2, -0.15) is 0 Å². The van der Waals surface area contributed by atoms with Gasteiger partial charge in [0.15, 0.2) is 5.16 Å². The molecule has 2 nitrogen and oxygen atoms in total. The quantitative estimate of drug-likeness (QED) is 0.353. The number of hydrogen-bond donors (Lipinski definition) is 0. The fourth-order valence-corrected chi connectivity index (χ4v) is 2.61. The molecule has 0 aliphatic carbocycles. The van der Waals surface area contributed by atoms with Crippen LogP contribution in [0.5, 0.6) is 0 Å². The molecule has 4 heteroatoms. The Balaban J connectivity index is 2.27. The molecule has 0 aliphatic rings. The third kappa shape index (κ3) is 2.66. The highest BCUT2D eigenvalue weighted by Gasteiger charge is 2.05. The molecule has 0 aliphatic heterocycles. The van der Waals surface area contributed by atoms with Crippen molar-refractivity contribution in [3.8, 4) is 0 Å². The Kier molecular flexibility index (Phi) is 4.02. The van der Waals surface area contributed by atoms with Crippen LogP contribution in [0, 0.1) is 0 Å². The van der Waals surface area contributed by atoms with Crippen LogP contribution in [-0.2, 0) is 0 Å². The highest BCUT2D eigenvalue weighted by molar-refractivity contribution is 7.99. The summed E-state index contributed by atoms with van der Waals surface area (Å²) in [5, 5.41) is 2.24. The van der Waals surface area contributed by atoms with Crippen molar-refractivity contribution in [2.24, 2.45) is 0 Å². The molecule has 0 spiro atoms. The molecule has 2 aromatic rings. The van der Waals surface area contributed by atoms with Crippen molar-refractivity contribution in [3.63, 3.8) is 0 Å². The van der Waals surface area contributed by atoms with Crippen LogP contribution < -0.4 is 0 Å². The van der Waals surface area contributed by atoms with E-state index in [4.69, 9.17) is 11.6 Å². The molecule has 0 saturated heterocycles. The normalized spacial score (nSPS) is 10.9. The summed E-state index contributed by atoms with van der Waals surface area (Å²) in [6.07, 6.45) is 2.37. The maximum absolute atomic E-state index is 6.11. The van der Waals surface area contributed by atoms with E-state index in [9.17, 15) is 0 Å². The van der Waals surface area contributed by atoms with E-state index in [1.807, 2.05) is 24.3 Å². The molecule has 1 heterocycles. The molecule has 0 radical (unpaired) electrons. The molecule has 0 saturated carbocycles. The number of benzene rings is 1. The minimum atomic E-state index is 0.546. The fraction of sp³-hybridized carbons (Fsp3) is 0.333. The van der Waals surface area contributed by atoms with Crippen LogP contribution in [-0.4, -0.2) is 15.7 Å². The number of halogens is 1. The van der Waals surface area contributed by atoms with Gasteiger partial charge >= 0.3 is 0 Å². The minimum Gasteiger partial charge on any atom is -0.222 e. The van der Waals surface area contributed by atoms with Crippen LogP contribution in [0.2, 0.25) is 5.15 Å². The summed E-state index contributed by atoms with van der Waals surface area (Å²) >= 11 is 7.78. The zero-order valence-corrected chi connectivity index (χ0v) is 10.7. The number of rotatable bonds is 4. The van der Waals surface area contributed by atoms with Crippen LogP contribution in [0.1, 0.15) is 19.8 Å². The zero-order valence-electron chi connectivity index (χ0n) is 9.11. The summed E-state index contributed by atoms with van der Waals surface area (Å²) in [6.45, 7) is 2.18. The van der Waals surface area contributed by atoms with Crippen LogP contribution in [0.4, 0.5) is 0 Å². The number of hydrogen-bond acceptors (Lipinski definition) is 3. The highest BCUT2D eigenvalue weighted by atomic mass is 35.5. The summed E-state index contributed by atoms with van der Waals surface area (Å²) in [5.74, 6) is 1.05. The van der Waals surface area contributed by atoms with Crippen molar-refractivity contribution in [2.45, 2.75) is 24.9 Å². The van der Waals surface area contributed by atoms with Crippen molar-refractivity contribution in [3.05, 3.63) is 29.4 Å². The number of aromatic nitrogens is 2. The van der Waals surface area contributed by atoms with E-state index < -0.39 is 0 Å². The monoisotopic (exact) mass is 252 g/mol. The second-order valence-electron chi connectivity index (χ2n) is 3.52. The third-order valence-corrected chi connectivity index (χ3v) is 3.49. The Morgan fingerprint density at radius 3 is 2.88 bits per heavy atom. The maximum atomic E-state index is 6.11. The van der Waals surface area contributed by atoms with E-state index >= 15 is 0 Å². The largest absolute Gasteiger partial charge is 0.222 e. The van der Waals surface area contributed by atoms with Crippen LogP contribution in [0.25, 0.3) is 10.9 Å². The average Bonchev–Trinajstić information content (AvgIpc) is 2.30. The van der Waals surface area contributed by atoms with E-state index in [0.29, 0.717) is 5.15 Å². The first-order valence-electron chi connectivity index (χ1n) is 5.36. The van der Waals surface area contributed by atoms with E-state index in [1.54, 1.807) is 11.8 Å². The Bertz CT molecular complexity index is 487. The molecule has 0 amide bonds. The zero-order chi connectivity index (χ0) is 11.4. The van der Waals surface area contributed by atoms with Crippen molar-refractivity contribution < 1.29 is 0 Å². The SMILES string of the molecule is CCCCSc1nc(Cl)c2ccccc2n1. The van der Waals surface area contributed by atoms with Crippen molar-refractivity contribution >= 4 is 34.3 Å². The second kappa shape index (κ2) is 5.51. The predicted molar refractivity (Wildman–Crippen MR) is 70.2 cm³/mol. The summed E-state index contributed by atoms with van der Waals surface area (Å²) in [4.78, 5) is 8.77. The van der Waals surface area contributed by atoms with Gasteiger partial charge in [0.1, 0.15) is 5.15 Å². The first-order chi connectivity index (χ1) is 7.81. The summed E-state index contributed by atoms with van der Waals surface area (Å²) in [6, 6.07) is 7.82. The standard InChI is InChI=1S/C12H13ClN2S/c1-2-3-8-16-12-14-10-7-5-4-6-9(10)11(13)15-12/h4-7H,2-3,8H2,1H3. The van der Waals surface area contributed by atoms with Gasteiger partial charge in [-0.15, -0.1) is 0 Å². The molecular weight excluding hydrogens is 240 g/mol. The van der Waals surface area contributed by atoms with Crippen LogP contribution >= 0.6 is 23.4 Å². The van der Waals surface area contributed by atoms with Gasteiger partial charge in [0.05, 0.1) is 5.52 Å². The molecule has 1 aromatic carbocycles. The van der Waals surface area contributed by atoms with Gasteiger partial charge in [-0.3, -0.25) is 0 Å². The van der Waals surface area contributed by atoms with E-state index in [0.717, 1.165) is 21.8 Å². The first kappa shape index (κ1) is 11.7. The number of fused-ring (bicyclic) bond motifs is 1. The Morgan fingerprint density at radius 1 is 1.25 bits per heavy atom. The first-order valence-corrected chi connectivity index (χ1v) is 6.72. The molecule has 2 rings (SSSR count). The number of unbranched alkanes of at least 4 members (excludes halogenated alkanes) is 1. The Morgan fingerprint density at radius 2 is 2.06 bits per heavy atom. The Hall–Kier alpha value is -0.800. The molecule has 1 aromatic heterocycles. The van der Waals surface area contributed by atoms with Gasteiger partial charge in [-0.1, -0.05) is 48.8 Å². The number of thioether (sulfide) groups is 1. The fourth-order valence-electron chi connectivity index (χ4n) is 1.39. The van der Waals surface area contributed by atoms with Crippen molar-refractivity contribution in [2.75, 3.05) is 5.75 Å². The highest BCUT2D eigenvalue weighted by Crippen LogP contribution is 2.24. The van der Waals surface area contributed by atoms with Gasteiger partial charge in [0.2, 0.25) is 0 Å². The second-order valence-corrected chi connectivity index (χ2v) is 4.94. The Labute approximate surface area is 104 Å². The summed E-state index contributed by atoms with van der Waals surface area (Å²) in [5.41, 5.74) is 0.918. The minimum absolute atomic E-state index is 0.546. The molecular formula is C12H13ClN2S. The number of para-hydroxylation sites is 1. The lowest BCUT2D eigenvalue weighted by Gasteiger charge is -2.03. The van der Waals surface area contributed by atoms with E-state index in [-0.39, 0.29) is 0 Å². The van der Waals surface area contributed by atoms with Gasteiger partial charge in [-0.05, 0) is 18.6 Å². The van der Waals surface area contributed by atoms with Gasteiger partial charge in [0, 0.05) is 11.1 Å². The predicted octanol–water partition coefficient (Wildman–Crippen LogP) is 4.18. The summed E-state index contributed by atoms with van der Waals surface area (Å²) in [7, 11) is 0. The molecule has 84 valence electrons. The molecule has 0 N–H and O–H groups in total. The lowest BCUT2D eigenvalue weighted by atomic mass is 10.2. The lowest BCUT2D eigenvalue weighted by Crippen LogP contribution is -1.90. The third-order valence-electron chi connectivity index (χ3n) is 2.27. The molecule has 0 unspecified atom stereocenters. The van der Waals surface area contributed by atoms with Gasteiger partial charge in [-0.25, -0.2) is 9.97 Å². The van der Waals surface area contributed by atoms with Crippen LogP contribution in [0.15, 0.2) is 29.4 Å². The van der Waals surface area contributed by atoms with Crippen molar-refractivity contribution in [1.82, 2.24) is 9.97 Å². The molecule has 0 atom stereocenters. The topological polar surface area (TPSA) is 25.8 Å². The lowest BCUT2D eigenvalue weighted by molar-refractivity contribution is 0.890. The van der Waals surface area contributed by atoms with Gasteiger partial charge < -0.3 is 0 Å². The smallest absolute Gasteiger partial charge is 0.189 e. The summed E-state index contributed by atoms with van der Waals surface area (Å²) < 4.78 is 0. The van der Waals surface area contributed by atoms with E-state index in [2.05, 4.69) is 16.9 Å². The molecule has 0 bridgehead atoms. The maximum Gasteiger partial charge on any atom is 0.189 e. The van der Waals surface area contributed by atoms with E-state index in [1.165, 1.54) is 12.8 Å².